The predicted octanol–water partition coefficient (Wildman–Crippen LogP) is 3.65. The van der Waals surface area contributed by atoms with Crippen molar-refractivity contribution in [3.8, 4) is 0 Å². The minimum atomic E-state index is -3.72. The van der Waals surface area contributed by atoms with Crippen molar-refractivity contribution >= 4 is 33.0 Å². The maximum Gasteiger partial charge on any atom is 0.262 e. The van der Waals surface area contributed by atoms with Crippen LogP contribution in [0.1, 0.15) is 16.7 Å². The summed E-state index contributed by atoms with van der Waals surface area (Å²) in [6, 6.07) is 8.42. The summed E-state index contributed by atoms with van der Waals surface area (Å²) in [4.78, 5) is 0.208. The van der Waals surface area contributed by atoms with Crippen molar-refractivity contribution in [2.45, 2.75) is 25.7 Å². The van der Waals surface area contributed by atoms with Gasteiger partial charge in [-0.05, 0) is 55.7 Å². The fourth-order valence-electron chi connectivity index (χ4n) is 2.12. The molecular formula is C15H17ClN2O2S. The van der Waals surface area contributed by atoms with Crippen LogP contribution in [0.25, 0.3) is 0 Å². The second-order valence-corrected chi connectivity index (χ2v) is 7.02. The maximum absolute atomic E-state index is 12.6. The number of halogens is 1. The Bertz CT molecular complexity index is 802. The van der Waals surface area contributed by atoms with Gasteiger partial charge in [0.25, 0.3) is 10.0 Å². The molecular weight excluding hydrogens is 308 g/mol. The molecule has 2 rings (SSSR count). The largest absolute Gasteiger partial charge is 0.398 e. The quantitative estimate of drug-likeness (QED) is 0.846. The lowest BCUT2D eigenvalue weighted by Gasteiger charge is -2.14. The van der Waals surface area contributed by atoms with Gasteiger partial charge >= 0.3 is 0 Å². The SMILES string of the molecule is Cc1ccc(NS(=O)(=O)c2c(C)ccc(N)c2C)cc1Cl. The van der Waals surface area contributed by atoms with Crippen LogP contribution in [0, 0.1) is 20.8 Å². The van der Waals surface area contributed by atoms with E-state index in [-0.39, 0.29) is 4.90 Å². The molecule has 21 heavy (non-hydrogen) atoms. The minimum absolute atomic E-state index is 0.208. The summed E-state index contributed by atoms with van der Waals surface area (Å²) < 4.78 is 27.7. The molecule has 0 atom stereocenters. The lowest BCUT2D eigenvalue weighted by molar-refractivity contribution is 0.600. The van der Waals surface area contributed by atoms with E-state index in [1.54, 1.807) is 44.2 Å². The number of hydrogen-bond acceptors (Lipinski definition) is 3. The number of hydrogen-bond donors (Lipinski definition) is 2. The van der Waals surface area contributed by atoms with Crippen LogP contribution in [-0.2, 0) is 10.0 Å². The summed E-state index contributed by atoms with van der Waals surface area (Å²) in [5, 5.41) is 0.510. The third kappa shape index (κ3) is 3.14. The number of rotatable bonds is 3. The molecule has 0 fully saturated rings. The van der Waals surface area contributed by atoms with E-state index in [1.165, 1.54) is 0 Å². The van der Waals surface area contributed by atoms with E-state index in [9.17, 15) is 8.42 Å². The highest BCUT2D eigenvalue weighted by Crippen LogP contribution is 2.28. The van der Waals surface area contributed by atoms with Crippen molar-refractivity contribution in [2.24, 2.45) is 0 Å². The zero-order valence-electron chi connectivity index (χ0n) is 12.1. The molecule has 0 radical (unpaired) electrons. The molecule has 0 aliphatic carbocycles. The Labute approximate surface area is 130 Å². The molecule has 2 aromatic carbocycles. The molecule has 0 heterocycles. The van der Waals surface area contributed by atoms with Crippen LogP contribution >= 0.6 is 11.6 Å². The topological polar surface area (TPSA) is 72.2 Å². The zero-order chi connectivity index (χ0) is 15.8. The lowest BCUT2D eigenvalue weighted by Crippen LogP contribution is -2.16. The zero-order valence-corrected chi connectivity index (χ0v) is 13.6. The number of nitrogens with one attached hydrogen (secondary N) is 1. The molecule has 3 N–H and O–H groups in total. The van der Waals surface area contributed by atoms with Crippen LogP contribution < -0.4 is 10.5 Å². The van der Waals surface area contributed by atoms with Crippen molar-refractivity contribution in [3.05, 3.63) is 52.0 Å². The Morgan fingerprint density at radius 3 is 2.29 bits per heavy atom. The predicted molar refractivity (Wildman–Crippen MR) is 87.3 cm³/mol. The van der Waals surface area contributed by atoms with E-state index < -0.39 is 10.0 Å². The van der Waals surface area contributed by atoms with Crippen molar-refractivity contribution < 1.29 is 8.42 Å². The van der Waals surface area contributed by atoms with Gasteiger partial charge in [-0.1, -0.05) is 23.7 Å². The van der Waals surface area contributed by atoms with Gasteiger partial charge < -0.3 is 5.73 Å². The first-order chi connectivity index (χ1) is 9.72. The number of nitrogens with two attached hydrogens (primary N) is 1. The van der Waals surface area contributed by atoms with Crippen LogP contribution in [0.2, 0.25) is 5.02 Å². The minimum Gasteiger partial charge on any atom is -0.398 e. The van der Waals surface area contributed by atoms with E-state index in [1.807, 2.05) is 6.92 Å². The van der Waals surface area contributed by atoms with Crippen molar-refractivity contribution in [3.63, 3.8) is 0 Å². The van der Waals surface area contributed by atoms with Gasteiger partial charge in [0, 0.05) is 10.7 Å². The van der Waals surface area contributed by atoms with Gasteiger partial charge in [0.05, 0.1) is 10.6 Å². The van der Waals surface area contributed by atoms with E-state index in [2.05, 4.69) is 4.72 Å². The monoisotopic (exact) mass is 324 g/mol. The molecule has 0 aliphatic heterocycles. The second kappa shape index (κ2) is 5.58. The van der Waals surface area contributed by atoms with E-state index >= 15 is 0 Å². The Morgan fingerprint density at radius 1 is 1.05 bits per heavy atom. The number of benzene rings is 2. The third-order valence-corrected chi connectivity index (χ3v) is 5.41. The number of nitrogen functional groups attached to an aromatic ring is 1. The molecule has 0 aliphatic rings. The molecule has 0 aromatic heterocycles. The van der Waals surface area contributed by atoms with Crippen LogP contribution in [0.5, 0.6) is 0 Å². The molecule has 0 saturated heterocycles. The Balaban J connectivity index is 2.48. The van der Waals surface area contributed by atoms with E-state index in [0.29, 0.717) is 27.5 Å². The van der Waals surface area contributed by atoms with Crippen LogP contribution in [-0.4, -0.2) is 8.42 Å². The van der Waals surface area contributed by atoms with E-state index in [4.69, 9.17) is 17.3 Å². The van der Waals surface area contributed by atoms with Crippen LogP contribution in [0.4, 0.5) is 11.4 Å². The van der Waals surface area contributed by atoms with E-state index in [0.717, 1.165) is 5.56 Å². The summed E-state index contributed by atoms with van der Waals surface area (Å²) in [6.45, 7) is 5.29. The van der Waals surface area contributed by atoms with Crippen molar-refractivity contribution in [1.82, 2.24) is 0 Å². The summed E-state index contributed by atoms with van der Waals surface area (Å²) >= 11 is 6.02. The average molecular weight is 325 g/mol. The van der Waals surface area contributed by atoms with Gasteiger partial charge in [-0.3, -0.25) is 4.72 Å². The maximum atomic E-state index is 12.6. The molecule has 0 bridgehead atoms. The summed E-state index contributed by atoms with van der Waals surface area (Å²) in [7, 11) is -3.72. The highest BCUT2D eigenvalue weighted by molar-refractivity contribution is 7.92. The van der Waals surface area contributed by atoms with Gasteiger partial charge in [-0.2, -0.15) is 0 Å². The highest BCUT2D eigenvalue weighted by atomic mass is 35.5. The molecule has 0 spiro atoms. The number of sulfonamides is 1. The fourth-order valence-corrected chi connectivity index (χ4v) is 3.85. The smallest absolute Gasteiger partial charge is 0.262 e. The first-order valence-electron chi connectivity index (χ1n) is 6.37. The molecule has 112 valence electrons. The first-order valence-corrected chi connectivity index (χ1v) is 8.23. The first kappa shape index (κ1) is 15.7. The normalized spacial score (nSPS) is 11.4. The van der Waals surface area contributed by atoms with Crippen molar-refractivity contribution in [1.29, 1.82) is 0 Å². The van der Waals surface area contributed by atoms with Gasteiger partial charge in [-0.15, -0.1) is 0 Å². The summed E-state index contributed by atoms with van der Waals surface area (Å²) in [6.07, 6.45) is 0. The van der Waals surface area contributed by atoms with Crippen molar-refractivity contribution in [2.75, 3.05) is 10.5 Å². The Hall–Kier alpha value is -1.72. The van der Waals surface area contributed by atoms with Crippen LogP contribution in [0.3, 0.4) is 0 Å². The molecule has 0 amide bonds. The third-order valence-electron chi connectivity index (χ3n) is 3.34. The number of anilines is 2. The molecule has 6 heteroatoms. The Morgan fingerprint density at radius 2 is 1.67 bits per heavy atom. The molecule has 2 aromatic rings. The van der Waals surface area contributed by atoms with Crippen LogP contribution in [0.15, 0.2) is 35.2 Å². The van der Waals surface area contributed by atoms with Gasteiger partial charge in [-0.25, -0.2) is 8.42 Å². The molecule has 0 saturated carbocycles. The molecule has 0 unspecified atom stereocenters. The van der Waals surface area contributed by atoms with Gasteiger partial charge in [0.1, 0.15) is 0 Å². The summed E-state index contributed by atoms with van der Waals surface area (Å²) in [5.41, 5.74) is 8.75. The highest BCUT2D eigenvalue weighted by Gasteiger charge is 2.21. The van der Waals surface area contributed by atoms with Gasteiger partial charge in [0.2, 0.25) is 0 Å². The Kier molecular flexibility index (Phi) is 4.16. The standard InChI is InChI=1S/C15H17ClN2O2S/c1-9-4-6-12(8-13(9)16)18-21(19,20)15-10(2)5-7-14(17)11(15)3/h4-8,18H,17H2,1-3H3. The lowest BCUT2D eigenvalue weighted by atomic mass is 10.1. The second-order valence-electron chi connectivity index (χ2n) is 5.00. The fraction of sp³-hybridized carbons (Fsp3) is 0.200. The summed E-state index contributed by atoms with van der Waals surface area (Å²) in [5.74, 6) is 0. The average Bonchev–Trinajstić information content (AvgIpc) is 2.38. The molecule has 4 nitrogen and oxygen atoms in total. The number of aryl methyl sites for hydroxylation is 2. The van der Waals surface area contributed by atoms with Gasteiger partial charge in [0.15, 0.2) is 0 Å².